The fourth-order valence-corrected chi connectivity index (χ4v) is 2.39. The first kappa shape index (κ1) is 16.1. The van der Waals surface area contributed by atoms with Gasteiger partial charge < -0.3 is 10.5 Å². The van der Waals surface area contributed by atoms with Gasteiger partial charge in [-0.1, -0.05) is 53.2 Å². The monoisotopic (exact) mass is 351 g/mol. The largest absolute Gasteiger partial charge is 0.367 e. The quantitative estimate of drug-likeness (QED) is 0.826. The lowest BCUT2D eigenvalue weighted by molar-refractivity contribution is 0.0199. The summed E-state index contributed by atoms with van der Waals surface area (Å²) in [5.74, 6) is -0.253. The molecule has 0 radical (unpaired) electrons. The zero-order valence-corrected chi connectivity index (χ0v) is 13.5. The number of nitrogens with two attached hydrogens (primary N) is 1. The summed E-state index contributed by atoms with van der Waals surface area (Å²) in [7, 11) is 0. The van der Waals surface area contributed by atoms with E-state index in [0.717, 1.165) is 16.5 Å². The minimum Gasteiger partial charge on any atom is -0.367 e. The number of rotatable bonds is 6. The topological polar surface area (TPSA) is 35.2 Å². The standard InChI is InChI=1S/C17H19BrFNO/c1-2-16(20)17(12-7-9-14(18)10-8-12)21-11-13-5-3-4-6-15(13)19/h3-10,16-17H,2,11,20H2,1H3. The smallest absolute Gasteiger partial charge is 0.128 e. The first-order chi connectivity index (χ1) is 10.1. The summed E-state index contributed by atoms with van der Waals surface area (Å²) in [5, 5.41) is 0. The number of hydrogen-bond acceptors (Lipinski definition) is 2. The van der Waals surface area contributed by atoms with Gasteiger partial charge in [0.2, 0.25) is 0 Å². The molecule has 2 nitrogen and oxygen atoms in total. The molecule has 21 heavy (non-hydrogen) atoms. The summed E-state index contributed by atoms with van der Waals surface area (Å²) in [4.78, 5) is 0. The van der Waals surface area contributed by atoms with Crippen molar-refractivity contribution in [1.29, 1.82) is 0 Å². The molecule has 112 valence electrons. The molecule has 0 bridgehead atoms. The normalized spacial score (nSPS) is 13.9. The highest BCUT2D eigenvalue weighted by molar-refractivity contribution is 9.10. The molecule has 0 spiro atoms. The Labute approximate surface area is 133 Å². The van der Waals surface area contributed by atoms with E-state index in [1.807, 2.05) is 31.2 Å². The molecule has 0 aliphatic heterocycles. The first-order valence-corrected chi connectivity index (χ1v) is 7.77. The molecule has 2 atom stereocenters. The minimum atomic E-state index is -0.253. The SMILES string of the molecule is CCC(N)C(OCc1ccccc1F)c1ccc(Br)cc1. The van der Waals surface area contributed by atoms with Crippen LogP contribution in [-0.4, -0.2) is 6.04 Å². The van der Waals surface area contributed by atoms with Crippen LogP contribution in [-0.2, 0) is 11.3 Å². The minimum absolute atomic E-state index is 0.127. The highest BCUT2D eigenvalue weighted by Gasteiger charge is 2.19. The van der Waals surface area contributed by atoms with Crippen molar-refractivity contribution < 1.29 is 9.13 Å². The van der Waals surface area contributed by atoms with E-state index < -0.39 is 0 Å². The maximum absolute atomic E-state index is 13.7. The molecular formula is C17H19BrFNO. The number of halogens is 2. The van der Waals surface area contributed by atoms with E-state index in [9.17, 15) is 4.39 Å². The van der Waals surface area contributed by atoms with E-state index in [-0.39, 0.29) is 24.6 Å². The van der Waals surface area contributed by atoms with Crippen molar-refractivity contribution in [3.8, 4) is 0 Å². The van der Waals surface area contributed by atoms with Crippen LogP contribution < -0.4 is 5.73 Å². The number of benzene rings is 2. The Morgan fingerprint density at radius 2 is 1.81 bits per heavy atom. The predicted molar refractivity (Wildman–Crippen MR) is 86.3 cm³/mol. The highest BCUT2D eigenvalue weighted by atomic mass is 79.9. The fourth-order valence-electron chi connectivity index (χ4n) is 2.13. The lowest BCUT2D eigenvalue weighted by Crippen LogP contribution is -2.29. The first-order valence-electron chi connectivity index (χ1n) is 6.98. The molecule has 2 unspecified atom stereocenters. The summed E-state index contributed by atoms with van der Waals surface area (Å²) in [6, 6.07) is 14.4. The predicted octanol–water partition coefficient (Wildman–Crippen LogP) is 4.58. The number of hydrogen-bond donors (Lipinski definition) is 1. The van der Waals surface area contributed by atoms with Crippen LogP contribution in [0.1, 0.15) is 30.6 Å². The molecule has 0 heterocycles. The molecule has 2 aromatic carbocycles. The highest BCUT2D eigenvalue weighted by Crippen LogP contribution is 2.25. The zero-order valence-electron chi connectivity index (χ0n) is 11.9. The van der Waals surface area contributed by atoms with Gasteiger partial charge in [0, 0.05) is 16.1 Å². The average Bonchev–Trinajstić information content (AvgIpc) is 2.50. The molecule has 2 aromatic rings. The lowest BCUT2D eigenvalue weighted by atomic mass is 10.0. The molecule has 2 rings (SSSR count). The maximum atomic E-state index is 13.7. The van der Waals surface area contributed by atoms with E-state index >= 15 is 0 Å². The van der Waals surface area contributed by atoms with E-state index in [0.29, 0.717) is 5.56 Å². The summed E-state index contributed by atoms with van der Waals surface area (Å²) < 4.78 is 20.6. The lowest BCUT2D eigenvalue weighted by Gasteiger charge is -2.24. The number of ether oxygens (including phenoxy) is 1. The van der Waals surface area contributed by atoms with E-state index in [1.165, 1.54) is 6.07 Å². The molecule has 4 heteroatoms. The molecule has 2 N–H and O–H groups in total. The van der Waals surface area contributed by atoms with E-state index in [4.69, 9.17) is 10.5 Å². The van der Waals surface area contributed by atoms with E-state index in [1.54, 1.807) is 18.2 Å². The van der Waals surface area contributed by atoms with Crippen LogP contribution in [0.3, 0.4) is 0 Å². The van der Waals surface area contributed by atoms with Crippen LogP contribution in [0.2, 0.25) is 0 Å². The Kier molecular flexibility index (Phi) is 5.91. The third-order valence-electron chi connectivity index (χ3n) is 3.44. The fraction of sp³-hybridized carbons (Fsp3) is 0.294. The van der Waals surface area contributed by atoms with Crippen LogP contribution in [0.25, 0.3) is 0 Å². The van der Waals surface area contributed by atoms with Crippen molar-refractivity contribution in [2.45, 2.75) is 32.1 Å². The van der Waals surface area contributed by atoms with Gasteiger partial charge in [-0.2, -0.15) is 0 Å². The van der Waals surface area contributed by atoms with Gasteiger partial charge in [0.1, 0.15) is 5.82 Å². The van der Waals surface area contributed by atoms with Gasteiger partial charge in [-0.05, 0) is 30.2 Å². The van der Waals surface area contributed by atoms with Gasteiger partial charge in [-0.3, -0.25) is 0 Å². The van der Waals surface area contributed by atoms with E-state index in [2.05, 4.69) is 15.9 Å². The van der Waals surface area contributed by atoms with Crippen LogP contribution in [0.4, 0.5) is 4.39 Å². The van der Waals surface area contributed by atoms with Gasteiger partial charge in [-0.25, -0.2) is 4.39 Å². The second kappa shape index (κ2) is 7.69. The van der Waals surface area contributed by atoms with Gasteiger partial charge >= 0.3 is 0 Å². The summed E-state index contributed by atoms with van der Waals surface area (Å²) >= 11 is 3.41. The Balaban J connectivity index is 2.14. The molecule has 0 aromatic heterocycles. The molecular weight excluding hydrogens is 333 g/mol. The molecule has 0 aliphatic carbocycles. The summed E-state index contributed by atoms with van der Waals surface area (Å²) in [6.07, 6.45) is 0.542. The van der Waals surface area contributed by atoms with Crippen molar-refractivity contribution in [1.82, 2.24) is 0 Å². The van der Waals surface area contributed by atoms with Crippen LogP contribution >= 0.6 is 15.9 Å². The van der Waals surface area contributed by atoms with Crippen molar-refractivity contribution in [3.63, 3.8) is 0 Å². The van der Waals surface area contributed by atoms with Crippen molar-refractivity contribution in [3.05, 3.63) is 69.9 Å². The van der Waals surface area contributed by atoms with Gasteiger partial charge in [0.25, 0.3) is 0 Å². The summed E-state index contributed by atoms with van der Waals surface area (Å²) in [5.41, 5.74) is 7.71. The third-order valence-corrected chi connectivity index (χ3v) is 3.96. The third kappa shape index (κ3) is 4.37. The zero-order chi connectivity index (χ0) is 15.2. The van der Waals surface area contributed by atoms with Crippen molar-refractivity contribution in [2.24, 2.45) is 5.73 Å². The molecule has 0 saturated heterocycles. The average molecular weight is 352 g/mol. The van der Waals surface area contributed by atoms with Gasteiger partial charge in [-0.15, -0.1) is 0 Å². The van der Waals surface area contributed by atoms with Crippen LogP contribution in [0.15, 0.2) is 53.0 Å². The van der Waals surface area contributed by atoms with Crippen LogP contribution in [0, 0.1) is 5.82 Å². The Morgan fingerprint density at radius 1 is 1.14 bits per heavy atom. The second-order valence-corrected chi connectivity index (χ2v) is 5.86. The summed E-state index contributed by atoms with van der Waals surface area (Å²) in [6.45, 7) is 2.23. The second-order valence-electron chi connectivity index (χ2n) is 4.95. The maximum Gasteiger partial charge on any atom is 0.128 e. The molecule has 0 aliphatic rings. The molecule has 0 saturated carbocycles. The molecule has 0 fully saturated rings. The molecule has 0 amide bonds. The Morgan fingerprint density at radius 3 is 2.43 bits per heavy atom. The van der Waals surface area contributed by atoms with Gasteiger partial charge in [0.05, 0.1) is 12.7 Å². The van der Waals surface area contributed by atoms with Crippen LogP contribution in [0.5, 0.6) is 0 Å². The Bertz CT molecular complexity index is 573. The van der Waals surface area contributed by atoms with Crippen molar-refractivity contribution >= 4 is 15.9 Å². The van der Waals surface area contributed by atoms with Crippen molar-refractivity contribution in [2.75, 3.05) is 0 Å². The Hall–Kier alpha value is -1.23. The van der Waals surface area contributed by atoms with Gasteiger partial charge in [0.15, 0.2) is 0 Å².